The highest BCUT2D eigenvalue weighted by molar-refractivity contribution is 5.74. The van der Waals surface area contributed by atoms with E-state index in [1.807, 2.05) is 16.8 Å². The number of benzene rings is 1. The molecule has 2 atom stereocenters. The molecule has 3 aromatic heterocycles. The number of hydrogen-bond acceptors (Lipinski definition) is 7. The van der Waals surface area contributed by atoms with Crippen LogP contribution < -0.4 is 5.56 Å². The lowest BCUT2D eigenvalue weighted by Crippen LogP contribution is -2.21. The van der Waals surface area contributed by atoms with Gasteiger partial charge >= 0.3 is 0 Å². The summed E-state index contributed by atoms with van der Waals surface area (Å²) < 4.78 is 6.79. The molecule has 0 unspecified atom stereocenters. The molecule has 1 aliphatic carbocycles. The molecule has 1 aromatic carbocycles. The molecule has 0 radical (unpaired) electrons. The number of nitrogens with one attached hydrogen (secondary N) is 1. The zero-order valence-electron chi connectivity index (χ0n) is 17.5. The Kier molecular flexibility index (Phi) is 4.38. The van der Waals surface area contributed by atoms with Crippen LogP contribution in [0.15, 0.2) is 33.8 Å². The van der Waals surface area contributed by atoms with Crippen LogP contribution in [0.2, 0.25) is 0 Å². The van der Waals surface area contributed by atoms with Crippen LogP contribution in [0.4, 0.5) is 0 Å². The number of H-pyrrole nitrogens is 1. The quantitative estimate of drug-likeness (QED) is 0.542. The van der Waals surface area contributed by atoms with Crippen molar-refractivity contribution in [2.45, 2.75) is 51.1 Å². The highest BCUT2D eigenvalue weighted by Gasteiger charge is 2.33. The van der Waals surface area contributed by atoms with E-state index in [1.165, 1.54) is 18.4 Å². The van der Waals surface area contributed by atoms with Crippen LogP contribution in [0.25, 0.3) is 22.1 Å². The maximum absolute atomic E-state index is 12.8. The van der Waals surface area contributed by atoms with Gasteiger partial charge in [0.25, 0.3) is 5.56 Å². The third-order valence-electron chi connectivity index (χ3n) is 6.92. The molecular formula is C22H25N7O2. The van der Waals surface area contributed by atoms with Gasteiger partial charge in [-0.1, -0.05) is 25.8 Å². The zero-order chi connectivity index (χ0) is 20.9. The molecule has 6 rings (SSSR count). The van der Waals surface area contributed by atoms with Gasteiger partial charge in [-0.15, -0.1) is 0 Å². The Morgan fingerprint density at radius 2 is 2.00 bits per heavy atom. The first-order valence-electron chi connectivity index (χ1n) is 11.1. The number of fused-ring (bicyclic) bond motifs is 2. The van der Waals surface area contributed by atoms with Gasteiger partial charge in [0.2, 0.25) is 0 Å². The van der Waals surface area contributed by atoms with Crippen LogP contribution in [0, 0.1) is 5.92 Å². The SMILES string of the molecule is C[C@@H]1CN(Cc2ccc3nonc3c2)C[C@H]1c1nc2c(cnn2C2CCCC2)c(=O)[nH]1. The third kappa shape index (κ3) is 3.23. The van der Waals surface area contributed by atoms with E-state index in [4.69, 9.17) is 9.61 Å². The van der Waals surface area contributed by atoms with Gasteiger partial charge in [-0.2, -0.15) is 5.10 Å². The highest BCUT2D eigenvalue weighted by atomic mass is 16.6. The molecule has 2 aliphatic rings. The molecule has 1 aliphatic heterocycles. The van der Waals surface area contributed by atoms with Gasteiger partial charge in [0.1, 0.15) is 22.2 Å². The van der Waals surface area contributed by atoms with E-state index in [9.17, 15) is 4.79 Å². The van der Waals surface area contributed by atoms with Gasteiger partial charge in [-0.3, -0.25) is 9.69 Å². The Bertz CT molecular complexity index is 1300. The normalized spacial score (nSPS) is 22.9. The number of likely N-dealkylation sites (tertiary alicyclic amines) is 1. The summed E-state index contributed by atoms with van der Waals surface area (Å²) in [5.74, 6) is 1.35. The average Bonchev–Trinajstić information content (AvgIpc) is 3.54. The van der Waals surface area contributed by atoms with Crippen LogP contribution in [0.5, 0.6) is 0 Å². The summed E-state index contributed by atoms with van der Waals surface area (Å²) in [6, 6.07) is 6.39. The molecule has 1 saturated carbocycles. The summed E-state index contributed by atoms with van der Waals surface area (Å²) >= 11 is 0. The maximum atomic E-state index is 12.8. The van der Waals surface area contributed by atoms with Gasteiger partial charge in [-0.05, 0) is 46.8 Å². The first-order valence-corrected chi connectivity index (χ1v) is 11.1. The van der Waals surface area contributed by atoms with Gasteiger partial charge < -0.3 is 4.98 Å². The Balaban J connectivity index is 1.27. The lowest BCUT2D eigenvalue weighted by atomic mass is 9.97. The van der Waals surface area contributed by atoms with E-state index in [2.05, 4.69) is 38.3 Å². The summed E-state index contributed by atoms with van der Waals surface area (Å²) in [7, 11) is 0. The number of aromatic nitrogens is 6. The summed E-state index contributed by atoms with van der Waals surface area (Å²) in [6.45, 7) is 4.84. The largest absolute Gasteiger partial charge is 0.310 e. The smallest absolute Gasteiger partial charge is 0.262 e. The molecule has 9 nitrogen and oxygen atoms in total. The second kappa shape index (κ2) is 7.26. The molecule has 0 spiro atoms. The standard InChI is InChI=1S/C22H25N7O2/c1-13-10-28(11-14-6-7-18-19(8-14)27-31-26-18)12-17(13)20-24-21-16(22(30)25-20)9-23-29(21)15-4-2-3-5-15/h6-9,13,15,17H,2-5,10-12H2,1H3,(H,24,25,30)/t13-,17-/m1/s1. The predicted molar refractivity (Wildman–Crippen MR) is 115 cm³/mol. The van der Waals surface area contributed by atoms with Gasteiger partial charge in [-0.25, -0.2) is 14.3 Å². The summed E-state index contributed by atoms with van der Waals surface area (Å²) in [5, 5.41) is 12.9. The van der Waals surface area contributed by atoms with Crippen molar-refractivity contribution in [3.63, 3.8) is 0 Å². The van der Waals surface area contributed by atoms with E-state index >= 15 is 0 Å². The molecule has 4 heterocycles. The monoisotopic (exact) mass is 419 g/mol. The Labute approximate surface area is 178 Å². The van der Waals surface area contributed by atoms with Crippen molar-refractivity contribution in [1.82, 2.24) is 35.0 Å². The third-order valence-corrected chi connectivity index (χ3v) is 6.92. The molecule has 31 heavy (non-hydrogen) atoms. The average molecular weight is 419 g/mol. The minimum Gasteiger partial charge on any atom is -0.310 e. The second-order valence-electron chi connectivity index (χ2n) is 9.08. The van der Waals surface area contributed by atoms with E-state index < -0.39 is 0 Å². The fraction of sp³-hybridized carbons (Fsp3) is 0.500. The minimum absolute atomic E-state index is 0.0844. The lowest BCUT2D eigenvalue weighted by molar-refractivity contribution is 0.315. The maximum Gasteiger partial charge on any atom is 0.262 e. The summed E-state index contributed by atoms with van der Waals surface area (Å²) in [4.78, 5) is 23.2. The van der Waals surface area contributed by atoms with Crippen molar-refractivity contribution in [1.29, 1.82) is 0 Å². The van der Waals surface area contributed by atoms with Crippen molar-refractivity contribution < 1.29 is 4.63 Å². The summed E-state index contributed by atoms with van der Waals surface area (Å²) in [6.07, 6.45) is 6.32. The van der Waals surface area contributed by atoms with Crippen molar-refractivity contribution in [2.24, 2.45) is 5.92 Å². The number of rotatable bonds is 4. The van der Waals surface area contributed by atoms with Gasteiger partial charge in [0.05, 0.1) is 12.2 Å². The molecule has 2 fully saturated rings. The molecule has 9 heteroatoms. The highest BCUT2D eigenvalue weighted by Crippen LogP contribution is 2.33. The van der Waals surface area contributed by atoms with Crippen LogP contribution in [0.3, 0.4) is 0 Å². The molecule has 1 N–H and O–H groups in total. The topological polar surface area (TPSA) is 106 Å². The second-order valence-corrected chi connectivity index (χ2v) is 9.08. The van der Waals surface area contributed by atoms with E-state index in [0.29, 0.717) is 17.3 Å². The molecule has 4 aromatic rings. The number of hydrogen-bond donors (Lipinski definition) is 1. The van der Waals surface area contributed by atoms with Crippen LogP contribution in [0.1, 0.15) is 56.0 Å². The van der Waals surface area contributed by atoms with Crippen molar-refractivity contribution in [3.8, 4) is 0 Å². The molecule has 0 amide bonds. The first kappa shape index (κ1) is 18.7. The molecule has 0 bridgehead atoms. The Hall–Kier alpha value is -3.07. The lowest BCUT2D eigenvalue weighted by Gasteiger charge is -2.16. The van der Waals surface area contributed by atoms with Crippen LogP contribution in [-0.2, 0) is 6.54 Å². The molecule has 160 valence electrons. The number of nitrogens with zero attached hydrogens (tertiary/aromatic N) is 6. The van der Waals surface area contributed by atoms with Crippen molar-refractivity contribution in [3.05, 3.63) is 46.1 Å². The van der Waals surface area contributed by atoms with E-state index in [-0.39, 0.29) is 11.5 Å². The van der Waals surface area contributed by atoms with Gasteiger partial charge in [0.15, 0.2) is 5.65 Å². The zero-order valence-corrected chi connectivity index (χ0v) is 17.5. The fourth-order valence-corrected chi connectivity index (χ4v) is 5.28. The fourth-order valence-electron chi connectivity index (χ4n) is 5.28. The van der Waals surface area contributed by atoms with Crippen molar-refractivity contribution in [2.75, 3.05) is 13.1 Å². The first-order chi connectivity index (χ1) is 15.2. The van der Waals surface area contributed by atoms with Crippen molar-refractivity contribution >= 4 is 22.1 Å². The number of aromatic amines is 1. The summed E-state index contributed by atoms with van der Waals surface area (Å²) in [5.41, 5.74) is 3.37. The molecule has 1 saturated heterocycles. The predicted octanol–water partition coefficient (Wildman–Crippen LogP) is 3.01. The van der Waals surface area contributed by atoms with Crippen LogP contribution >= 0.6 is 0 Å². The minimum atomic E-state index is -0.0844. The van der Waals surface area contributed by atoms with Gasteiger partial charge in [0, 0.05) is 25.6 Å². The van der Waals surface area contributed by atoms with E-state index in [1.54, 1.807) is 6.20 Å². The Morgan fingerprint density at radius 3 is 2.87 bits per heavy atom. The Morgan fingerprint density at radius 1 is 1.16 bits per heavy atom. The van der Waals surface area contributed by atoms with E-state index in [0.717, 1.165) is 55.0 Å². The molecular weight excluding hydrogens is 394 g/mol. The van der Waals surface area contributed by atoms with Crippen LogP contribution in [-0.4, -0.2) is 48.1 Å².